The van der Waals surface area contributed by atoms with Crippen LogP contribution in [0.4, 0.5) is 11.4 Å². The van der Waals surface area contributed by atoms with Crippen LogP contribution in [0.1, 0.15) is 24.0 Å². The molecule has 6 nitrogen and oxygen atoms in total. The standard InChI is InChI=1S/C15H20N4O2/c1-17(2)13-3-5-18(6-4-13)14-7-11-9-16-10-12(11)8-15(14)19(20)21/h7-8,10,13H,3-6,9H2,1-2H3. The Bertz CT molecular complexity index is 590. The van der Waals surface area contributed by atoms with Crippen LogP contribution in [0.2, 0.25) is 0 Å². The third-order valence-corrected chi connectivity index (χ3v) is 4.46. The zero-order valence-electron chi connectivity index (χ0n) is 12.5. The van der Waals surface area contributed by atoms with Crippen molar-refractivity contribution in [2.75, 3.05) is 32.1 Å². The number of piperidine rings is 1. The maximum Gasteiger partial charge on any atom is 0.293 e. The highest BCUT2D eigenvalue weighted by molar-refractivity contribution is 5.88. The molecule has 1 aromatic rings. The fourth-order valence-electron chi connectivity index (χ4n) is 3.16. The van der Waals surface area contributed by atoms with E-state index < -0.39 is 0 Å². The van der Waals surface area contributed by atoms with Crippen LogP contribution in [0, 0.1) is 10.1 Å². The van der Waals surface area contributed by atoms with Crippen LogP contribution in [-0.2, 0) is 6.54 Å². The van der Waals surface area contributed by atoms with Gasteiger partial charge in [0.1, 0.15) is 5.69 Å². The normalized spacial score (nSPS) is 18.3. The summed E-state index contributed by atoms with van der Waals surface area (Å²) < 4.78 is 0. The molecule has 1 aromatic carbocycles. The van der Waals surface area contributed by atoms with E-state index in [-0.39, 0.29) is 10.6 Å². The van der Waals surface area contributed by atoms with Crippen molar-refractivity contribution in [3.8, 4) is 0 Å². The number of rotatable bonds is 3. The van der Waals surface area contributed by atoms with Gasteiger partial charge < -0.3 is 9.80 Å². The highest BCUT2D eigenvalue weighted by atomic mass is 16.6. The highest BCUT2D eigenvalue weighted by Gasteiger charge is 2.27. The average molecular weight is 288 g/mol. The Morgan fingerprint density at radius 1 is 1.33 bits per heavy atom. The Labute approximate surface area is 124 Å². The van der Waals surface area contributed by atoms with Gasteiger partial charge in [0.05, 0.1) is 11.5 Å². The summed E-state index contributed by atoms with van der Waals surface area (Å²) >= 11 is 0. The lowest BCUT2D eigenvalue weighted by molar-refractivity contribution is -0.384. The molecule has 0 saturated carbocycles. The first-order valence-corrected chi connectivity index (χ1v) is 7.29. The largest absolute Gasteiger partial charge is 0.366 e. The summed E-state index contributed by atoms with van der Waals surface area (Å²) in [5.41, 5.74) is 2.92. The van der Waals surface area contributed by atoms with Crippen molar-refractivity contribution in [3.63, 3.8) is 0 Å². The van der Waals surface area contributed by atoms with Gasteiger partial charge in [-0.3, -0.25) is 15.1 Å². The summed E-state index contributed by atoms with van der Waals surface area (Å²) in [6.45, 7) is 2.36. The summed E-state index contributed by atoms with van der Waals surface area (Å²) in [6.07, 6.45) is 3.81. The Kier molecular flexibility index (Phi) is 3.63. The molecule has 21 heavy (non-hydrogen) atoms. The molecule has 0 atom stereocenters. The number of nitro benzene ring substituents is 1. The molecule has 0 aromatic heterocycles. The van der Waals surface area contributed by atoms with Crippen molar-refractivity contribution < 1.29 is 4.92 Å². The molecule has 1 saturated heterocycles. The predicted octanol–water partition coefficient (Wildman–Crippen LogP) is 2.06. The van der Waals surface area contributed by atoms with Crippen LogP contribution >= 0.6 is 0 Å². The Morgan fingerprint density at radius 3 is 2.67 bits per heavy atom. The van der Waals surface area contributed by atoms with E-state index >= 15 is 0 Å². The lowest BCUT2D eigenvalue weighted by Gasteiger charge is -2.36. The molecule has 0 radical (unpaired) electrons. The molecule has 0 unspecified atom stereocenters. The fourth-order valence-corrected chi connectivity index (χ4v) is 3.16. The predicted molar refractivity (Wildman–Crippen MR) is 83.3 cm³/mol. The van der Waals surface area contributed by atoms with Crippen LogP contribution in [0.25, 0.3) is 0 Å². The monoisotopic (exact) mass is 288 g/mol. The second kappa shape index (κ2) is 5.44. The molecule has 2 aliphatic heterocycles. The number of benzene rings is 1. The number of nitro groups is 1. The van der Waals surface area contributed by atoms with Crippen LogP contribution in [0.5, 0.6) is 0 Å². The number of anilines is 1. The molecule has 0 spiro atoms. The second-order valence-corrected chi connectivity index (χ2v) is 5.95. The van der Waals surface area contributed by atoms with E-state index in [0.717, 1.165) is 42.7 Å². The minimum absolute atomic E-state index is 0.199. The van der Waals surface area contributed by atoms with E-state index in [1.807, 2.05) is 6.07 Å². The van der Waals surface area contributed by atoms with E-state index in [1.165, 1.54) is 0 Å². The van der Waals surface area contributed by atoms with Gasteiger partial charge in [0.15, 0.2) is 0 Å². The summed E-state index contributed by atoms with van der Waals surface area (Å²) in [6, 6.07) is 4.19. The van der Waals surface area contributed by atoms with Gasteiger partial charge in [-0.05, 0) is 38.6 Å². The topological polar surface area (TPSA) is 62.0 Å². The molecule has 112 valence electrons. The quantitative estimate of drug-likeness (QED) is 0.631. The zero-order valence-corrected chi connectivity index (χ0v) is 12.5. The summed E-state index contributed by atoms with van der Waals surface area (Å²) in [7, 11) is 4.19. The minimum atomic E-state index is -0.278. The van der Waals surface area contributed by atoms with E-state index in [9.17, 15) is 10.1 Å². The van der Waals surface area contributed by atoms with Crippen molar-refractivity contribution in [1.82, 2.24) is 4.90 Å². The number of fused-ring (bicyclic) bond motifs is 1. The van der Waals surface area contributed by atoms with Crippen LogP contribution in [0.3, 0.4) is 0 Å². The average Bonchev–Trinajstić information content (AvgIpc) is 2.93. The first kappa shape index (κ1) is 14.0. The van der Waals surface area contributed by atoms with Crippen LogP contribution in [0.15, 0.2) is 17.1 Å². The molecule has 3 rings (SSSR count). The molecule has 2 aliphatic rings. The van der Waals surface area contributed by atoms with E-state index in [4.69, 9.17) is 0 Å². The van der Waals surface area contributed by atoms with Gasteiger partial charge in [-0.1, -0.05) is 0 Å². The third-order valence-electron chi connectivity index (χ3n) is 4.46. The third kappa shape index (κ3) is 2.63. The maximum absolute atomic E-state index is 11.4. The second-order valence-electron chi connectivity index (χ2n) is 5.95. The van der Waals surface area contributed by atoms with Crippen molar-refractivity contribution in [1.29, 1.82) is 0 Å². The van der Waals surface area contributed by atoms with E-state index in [1.54, 1.807) is 12.3 Å². The van der Waals surface area contributed by atoms with Gasteiger partial charge in [0, 0.05) is 37.0 Å². The van der Waals surface area contributed by atoms with Crippen molar-refractivity contribution >= 4 is 17.6 Å². The first-order chi connectivity index (χ1) is 10.1. The molecule has 0 amide bonds. The lowest BCUT2D eigenvalue weighted by atomic mass is 10.0. The fraction of sp³-hybridized carbons (Fsp3) is 0.533. The number of nitrogens with zero attached hydrogens (tertiary/aromatic N) is 4. The maximum atomic E-state index is 11.4. The number of hydrogen-bond acceptors (Lipinski definition) is 5. The number of aliphatic imine (C=N–C) groups is 1. The van der Waals surface area contributed by atoms with Crippen molar-refractivity contribution in [2.24, 2.45) is 4.99 Å². The molecule has 0 bridgehead atoms. The SMILES string of the molecule is CN(C)C1CCN(c2cc3c(cc2[N+](=O)[O-])C=NC3)CC1. The van der Waals surface area contributed by atoms with Crippen molar-refractivity contribution in [2.45, 2.75) is 25.4 Å². The smallest absolute Gasteiger partial charge is 0.293 e. The van der Waals surface area contributed by atoms with Gasteiger partial charge in [-0.25, -0.2) is 0 Å². The molecular formula is C15H20N4O2. The first-order valence-electron chi connectivity index (χ1n) is 7.29. The molecule has 0 N–H and O–H groups in total. The molecular weight excluding hydrogens is 268 g/mol. The van der Waals surface area contributed by atoms with Gasteiger partial charge >= 0.3 is 0 Å². The van der Waals surface area contributed by atoms with E-state index in [2.05, 4.69) is 28.9 Å². The van der Waals surface area contributed by atoms with Crippen LogP contribution in [-0.4, -0.2) is 49.3 Å². The van der Waals surface area contributed by atoms with Gasteiger partial charge in [-0.2, -0.15) is 0 Å². The summed E-state index contributed by atoms with van der Waals surface area (Å²) in [5.74, 6) is 0. The Hall–Kier alpha value is -1.95. The zero-order chi connectivity index (χ0) is 15.0. The lowest BCUT2D eigenvalue weighted by Crippen LogP contribution is -2.42. The van der Waals surface area contributed by atoms with Crippen LogP contribution < -0.4 is 4.90 Å². The summed E-state index contributed by atoms with van der Waals surface area (Å²) in [5, 5.41) is 11.4. The van der Waals surface area contributed by atoms with Crippen molar-refractivity contribution in [3.05, 3.63) is 33.4 Å². The Morgan fingerprint density at radius 2 is 2.05 bits per heavy atom. The summed E-state index contributed by atoms with van der Waals surface area (Å²) in [4.78, 5) is 19.7. The van der Waals surface area contributed by atoms with Gasteiger partial charge in [0.25, 0.3) is 5.69 Å². The highest BCUT2D eigenvalue weighted by Crippen LogP contribution is 2.34. The van der Waals surface area contributed by atoms with Gasteiger partial charge in [-0.15, -0.1) is 0 Å². The molecule has 1 fully saturated rings. The molecule has 6 heteroatoms. The Balaban J connectivity index is 1.87. The molecule has 0 aliphatic carbocycles. The minimum Gasteiger partial charge on any atom is -0.366 e. The number of hydrogen-bond donors (Lipinski definition) is 0. The van der Waals surface area contributed by atoms with Gasteiger partial charge in [0.2, 0.25) is 0 Å². The molecule has 2 heterocycles. The van der Waals surface area contributed by atoms with E-state index in [0.29, 0.717) is 12.6 Å².